The van der Waals surface area contributed by atoms with Crippen molar-refractivity contribution >= 4 is 5.97 Å². The van der Waals surface area contributed by atoms with Gasteiger partial charge in [0.15, 0.2) is 0 Å². The number of rotatable bonds is 15. The van der Waals surface area contributed by atoms with Crippen molar-refractivity contribution in [3.8, 4) is 0 Å². The summed E-state index contributed by atoms with van der Waals surface area (Å²) < 4.78 is 5.18. The lowest BCUT2D eigenvalue weighted by molar-refractivity contribution is -0.145. The van der Waals surface area contributed by atoms with E-state index >= 15 is 0 Å². The van der Waals surface area contributed by atoms with Crippen molar-refractivity contribution < 1.29 is 9.53 Å². The summed E-state index contributed by atoms with van der Waals surface area (Å²) in [5.74, 6) is -0.0680. The predicted octanol–water partition coefficient (Wildman–Crippen LogP) is 4.84. The van der Waals surface area contributed by atoms with E-state index in [9.17, 15) is 4.79 Å². The van der Waals surface area contributed by atoms with E-state index < -0.39 is 0 Å². The van der Waals surface area contributed by atoms with Crippen LogP contribution in [0.15, 0.2) is 0 Å². The molecule has 1 N–H and O–H groups in total. The number of nitrogens with one attached hydrogen (secondary N) is 1. The summed E-state index contributed by atoms with van der Waals surface area (Å²) in [6.45, 7) is 7.74. The van der Waals surface area contributed by atoms with Gasteiger partial charge in [-0.05, 0) is 26.3 Å². The molecule has 1 atom stereocenters. The maximum absolute atomic E-state index is 11.9. The van der Waals surface area contributed by atoms with E-state index in [-0.39, 0.29) is 12.0 Å². The molecule has 3 nitrogen and oxygen atoms in total. The summed E-state index contributed by atoms with van der Waals surface area (Å²) in [5.41, 5.74) is 0. The Labute approximate surface area is 132 Å². The zero-order valence-electron chi connectivity index (χ0n) is 14.6. The van der Waals surface area contributed by atoms with E-state index in [2.05, 4.69) is 19.2 Å². The van der Waals surface area contributed by atoms with Gasteiger partial charge in [0.25, 0.3) is 0 Å². The van der Waals surface area contributed by atoms with E-state index in [1.807, 2.05) is 6.92 Å². The molecule has 3 heteroatoms. The van der Waals surface area contributed by atoms with Gasteiger partial charge in [-0.15, -0.1) is 0 Å². The number of carbonyl (C=O) groups excluding carboxylic acids is 1. The second kappa shape index (κ2) is 15.8. The minimum Gasteiger partial charge on any atom is -0.465 e. The standard InChI is InChI=1S/C18H37NO2/c1-4-7-9-11-13-15-17(18(20)21-6-3)19-16-14-12-10-8-5-2/h17,19H,4-16H2,1-3H3/t17-/m1/s1. The largest absolute Gasteiger partial charge is 0.465 e. The number of unbranched alkanes of at least 4 members (excludes halogenated alkanes) is 8. The van der Waals surface area contributed by atoms with Crippen LogP contribution >= 0.6 is 0 Å². The average Bonchev–Trinajstić information content (AvgIpc) is 2.48. The summed E-state index contributed by atoms with van der Waals surface area (Å²) >= 11 is 0. The lowest BCUT2D eigenvalue weighted by atomic mass is 10.1. The number of hydrogen-bond donors (Lipinski definition) is 1. The molecule has 0 fully saturated rings. The third kappa shape index (κ3) is 12.9. The molecule has 21 heavy (non-hydrogen) atoms. The second-order valence-corrected chi connectivity index (χ2v) is 5.88. The fraction of sp³-hybridized carbons (Fsp3) is 0.944. The highest BCUT2D eigenvalue weighted by atomic mass is 16.5. The number of hydrogen-bond acceptors (Lipinski definition) is 3. The van der Waals surface area contributed by atoms with Crippen LogP contribution in [0.1, 0.15) is 91.4 Å². The van der Waals surface area contributed by atoms with Crippen LogP contribution in [0.2, 0.25) is 0 Å². The van der Waals surface area contributed by atoms with E-state index in [4.69, 9.17) is 4.74 Å². The molecule has 0 aromatic carbocycles. The van der Waals surface area contributed by atoms with Crippen molar-refractivity contribution in [2.45, 2.75) is 97.4 Å². The molecule has 0 unspecified atom stereocenters. The third-order valence-electron chi connectivity index (χ3n) is 3.84. The first kappa shape index (κ1) is 20.4. The highest BCUT2D eigenvalue weighted by Gasteiger charge is 2.18. The maximum atomic E-state index is 11.9. The minimum atomic E-state index is -0.0993. The molecular weight excluding hydrogens is 262 g/mol. The molecule has 0 heterocycles. The Kier molecular flexibility index (Phi) is 15.4. The zero-order chi connectivity index (χ0) is 15.8. The highest BCUT2D eigenvalue weighted by molar-refractivity contribution is 5.75. The van der Waals surface area contributed by atoms with Crippen LogP contribution in [0.5, 0.6) is 0 Å². The maximum Gasteiger partial charge on any atom is 0.323 e. The summed E-state index contributed by atoms with van der Waals surface area (Å²) in [6, 6.07) is -0.0993. The first-order chi connectivity index (χ1) is 10.3. The molecule has 0 aromatic heterocycles. The molecule has 0 bridgehead atoms. The fourth-order valence-electron chi connectivity index (χ4n) is 2.50. The topological polar surface area (TPSA) is 38.3 Å². The normalized spacial score (nSPS) is 12.3. The van der Waals surface area contributed by atoms with Crippen LogP contribution in [-0.2, 0) is 9.53 Å². The molecule has 126 valence electrons. The van der Waals surface area contributed by atoms with Gasteiger partial charge in [0.05, 0.1) is 6.61 Å². The summed E-state index contributed by atoms with van der Waals surface area (Å²) in [7, 11) is 0. The van der Waals surface area contributed by atoms with Crippen LogP contribution in [0, 0.1) is 0 Å². The van der Waals surface area contributed by atoms with Gasteiger partial charge >= 0.3 is 5.97 Å². The molecule has 0 aliphatic rings. The Hall–Kier alpha value is -0.570. The Morgan fingerprint density at radius 3 is 2.00 bits per heavy atom. The van der Waals surface area contributed by atoms with Crippen LogP contribution < -0.4 is 5.32 Å². The molecule has 0 amide bonds. The first-order valence-corrected chi connectivity index (χ1v) is 9.16. The smallest absolute Gasteiger partial charge is 0.323 e. The molecule has 0 spiro atoms. The monoisotopic (exact) mass is 299 g/mol. The van der Waals surface area contributed by atoms with Crippen molar-refractivity contribution in [1.29, 1.82) is 0 Å². The van der Waals surface area contributed by atoms with Gasteiger partial charge in [-0.1, -0.05) is 71.6 Å². The van der Waals surface area contributed by atoms with E-state index in [1.54, 1.807) is 0 Å². The molecule has 0 radical (unpaired) electrons. The van der Waals surface area contributed by atoms with Gasteiger partial charge in [0, 0.05) is 0 Å². The quantitative estimate of drug-likeness (QED) is 0.347. The van der Waals surface area contributed by atoms with Crippen LogP contribution in [0.3, 0.4) is 0 Å². The Morgan fingerprint density at radius 1 is 0.857 bits per heavy atom. The lowest BCUT2D eigenvalue weighted by Crippen LogP contribution is -2.38. The van der Waals surface area contributed by atoms with Gasteiger partial charge in [0.2, 0.25) is 0 Å². The van der Waals surface area contributed by atoms with Crippen molar-refractivity contribution in [2.75, 3.05) is 13.2 Å². The third-order valence-corrected chi connectivity index (χ3v) is 3.84. The van der Waals surface area contributed by atoms with Gasteiger partial charge in [-0.2, -0.15) is 0 Å². The molecule has 0 aliphatic carbocycles. The van der Waals surface area contributed by atoms with Crippen molar-refractivity contribution in [2.24, 2.45) is 0 Å². The first-order valence-electron chi connectivity index (χ1n) is 9.16. The molecule has 0 saturated carbocycles. The van der Waals surface area contributed by atoms with Crippen molar-refractivity contribution in [1.82, 2.24) is 5.32 Å². The molecular formula is C18H37NO2. The fourth-order valence-corrected chi connectivity index (χ4v) is 2.50. The minimum absolute atomic E-state index is 0.0680. The number of carbonyl (C=O) groups is 1. The van der Waals surface area contributed by atoms with Crippen molar-refractivity contribution in [3.05, 3.63) is 0 Å². The summed E-state index contributed by atoms with van der Waals surface area (Å²) in [6.07, 6.45) is 13.4. The Bertz CT molecular complexity index is 231. The van der Waals surface area contributed by atoms with E-state index in [0.717, 1.165) is 25.8 Å². The second-order valence-electron chi connectivity index (χ2n) is 5.88. The number of ether oxygens (including phenoxy) is 1. The predicted molar refractivity (Wildman–Crippen MR) is 90.6 cm³/mol. The molecule has 0 rings (SSSR count). The summed E-state index contributed by atoms with van der Waals surface area (Å²) in [4.78, 5) is 11.9. The van der Waals surface area contributed by atoms with Crippen molar-refractivity contribution in [3.63, 3.8) is 0 Å². The SMILES string of the molecule is CCCCCCCN[C@H](CCCCCCC)C(=O)OCC. The number of esters is 1. The Morgan fingerprint density at radius 2 is 1.43 bits per heavy atom. The van der Waals surface area contributed by atoms with E-state index in [0.29, 0.717) is 6.61 Å². The highest BCUT2D eigenvalue weighted by Crippen LogP contribution is 2.09. The zero-order valence-corrected chi connectivity index (χ0v) is 14.6. The Balaban J connectivity index is 3.83. The lowest BCUT2D eigenvalue weighted by Gasteiger charge is -2.17. The van der Waals surface area contributed by atoms with Gasteiger partial charge < -0.3 is 10.1 Å². The van der Waals surface area contributed by atoms with Gasteiger partial charge in [0.1, 0.15) is 6.04 Å². The van der Waals surface area contributed by atoms with Crippen LogP contribution in [0.4, 0.5) is 0 Å². The van der Waals surface area contributed by atoms with Crippen LogP contribution in [-0.4, -0.2) is 25.2 Å². The van der Waals surface area contributed by atoms with Gasteiger partial charge in [-0.25, -0.2) is 0 Å². The average molecular weight is 299 g/mol. The van der Waals surface area contributed by atoms with Gasteiger partial charge in [-0.3, -0.25) is 4.79 Å². The molecule has 0 saturated heterocycles. The van der Waals surface area contributed by atoms with E-state index in [1.165, 1.54) is 51.4 Å². The molecule has 0 aliphatic heterocycles. The molecule has 0 aromatic rings. The van der Waals surface area contributed by atoms with Crippen LogP contribution in [0.25, 0.3) is 0 Å². The summed E-state index contributed by atoms with van der Waals surface area (Å²) in [5, 5.41) is 3.40.